The summed E-state index contributed by atoms with van der Waals surface area (Å²) in [5.41, 5.74) is 3.56. The van der Waals surface area contributed by atoms with E-state index in [1.54, 1.807) is 0 Å². The summed E-state index contributed by atoms with van der Waals surface area (Å²) >= 11 is 2.30. The lowest BCUT2D eigenvalue weighted by molar-refractivity contribution is 0.286. The van der Waals surface area contributed by atoms with Gasteiger partial charge < -0.3 is 14.8 Å². The van der Waals surface area contributed by atoms with Gasteiger partial charge >= 0.3 is 0 Å². The molecule has 22 heavy (non-hydrogen) atoms. The number of hydrogen-bond acceptors (Lipinski definition) is 3. The minimum absolute atomic E-state index is 0.630. The summed E-state index contributed by atoms with van der Waals surface area (Å²) in [4.78, 5) is 0. The Bertz CT molecular complexity index is 628. The van der Waals surface area contributed by atoms with Crippen LogP contribution in [0.5, 0.6) is 11.5 Å². The van der Waals surface area contributed by atoms with E-state index in [1.807, 2.05) is 13.8 Å². The Hall–Kier alpha value is -1.43. The molecule has 0 amide bonds. The zero-order valence-electron chi connectivity index (χ0n) is 13.3. The highest BCUT2D eigenvalue weighted by molar-refractivity contribution is 14.1. The summed E-state index contributed by atoms with van der Waals surface area (Å²) in [6.07, 6.45) is 0. The molecule has 2 aromatic rings. The second-order valence-electron chi connectivity index (χ2n) is 4.99. The minimum Gasteiger partial charge on any atom is -0.490 e. The van der Waals surface area contributed by atoms with E-state index in [4.69, 9.17) is 9.47 Å². The fourth-order valence-corrected chi connectivity index (χ4v) is 3.05. The van der Waals surface area contributed by atoms with Crippen LogP contribution < -0.4 is 14.8 Å². The molecule has 0 atom stereocenters. The van der Waals surface area contributed by atoms with E-state index < -0.39 is 0 Å². The molecule has 118 valence electrons. The smallest absolute Gasteiger partial charge is 0.174 e. The van der Waals surface area contributed by atoms with E-state index in [0.29, 0.717) is 13.2 Å². The van der Waals surface area contributed by atoms with Gasteiger partial charge in [-0.25, -0.2) is 0 Å². The highest BCUT2D eigenvalue weighted by Gasteiger charge is 2.11. The van der Waals surface area contributed by atoms with Crippen molar-refractivity contribution < 1.29 is 9.47 Å². The molecule has 0 saturated carbocycles. The van der Waals surface area contributed by atoms with Crippen LogP contribution in [0, 0.1) is 10.5 Å². The summed E-state index contributed by atoms with van der Waals surface area (Å²) < 4.78 is 12.5. The van der Waals surface area contributed by atoms with Gasteiger partial charge in [0, 0.05) is 12.2 Å². The molecule has 3 nitrogen and oxygen atoms in total. The molecular formula is C18H22INO2. The standard InChI is InChI=1S/C18H22INO2/c1-4-21-17-11-14(10-16(19)18(17)22-5-2)12-20-15-8-6-7-13(3)9-15/h6-11,20H,4-5,12H2,1-3H3. The quantitative estimate of drug-likeness (QED) is 0.650. The lowest BCUT2D eigenvalue weighted by Gasteiger charge is -2.15. The van der Waals surface area contributed by atoms with Crippen molar-refractivity contribution in [3.63, 3.8) is 0 Å². The number of aryl methyl sites for hydroxylation is 1. The fourth-order valence-electron chi connectivity index (χ4n) is 2.23. The Morgan fingerprint density at radius 1 is 1.05 bits per heavy atom. The first-order chi connectivity index (χ1) is 10.6. The normalized spacial score (nSPS) is 10.4. The average molecular weight is 411 g/mol. The molecule has 0 bridgehead atoms. The number of ether oxygens (including phenoxy) is 2. The van der Waals surface area contributed by atoms with Gasteiger partial charge in [0.25, 0.3) is 0 Å². The number of halogens is 1. The number of anilines is 1. The predicted molar refractivity (Wildman–Crippen MR) is 100 cm³/mol. The van der Waals surface area contributed by atoms with Crippen LogP contribution in [0.4, 0.5) is 5.69 Å². The Morgan fingerprint density at radius 2 is 1.82 bits per heavy atom. The van der Waals surface area contributed by atoms with E-state index in [2.05, 4.69) is 71.2 Å². The van der Waals surface area contributed by atoms with Crippen LogP contribution in [0.25, 0.3) is 0 Å². The third-order valence-electron chi connectivity index (χ3n) is 3.17. The zero-order chi connectivity index (χ0) is 15.9. The SMILES string of the molecule is CCOc1cc(CNc2cccc(C)c2)cc(I)c1OCC. The van der Waals surface area contributed by atoms with Crippen LogP contribution >= 0.6 is 22.6 Å². The molecule has 2 aromatic carbocycles. The number of benzene rings is 2. The third kappa shape index (κ3) is 4.53. The van der Waals surface area contributed by atoms with Crippen LogP contribution in [0.3, 0.4) is 0 Å². The first kappa shape index (κ1) is 16.9. The number of nitrogens with one attached hydrogen (secondary N) is 1. The summed E-state index contributed by atoms with van der Waals surface area (Å²) in [6.45, 7) is 8.09. The first-order valence-corrected chi connectivity index (χ1v) is 8.60. The maximum absolute atomic E-state index is 5.72. The van der Waals surface area contributed by atoms with E-state index in [9.17, 15) is 0 Å². The van der Waals surface area contributed by atoms with Crippen molar-refractivity contribution >= 4 is 28.3 Å². The van der Waals surface area contributed by atoms with Crippen molar-refractivity contribution in [1.82, 2.24) is 0 Å². The number of hydrogen-bond donors (Lipinski definition) is 1. The van der Waals surface area contributed by atoms with Crippen molar-refractivity contribution in [1.29, 1.82) is 0 Å². The van der Waals surface area contributed by atoms with Crippen molar-refractivity contribution in [2.75, 3.05) is 18.5 Å². The molecule has 2 rings (SSSR count). The Balaban J connectivity index is 2.17. The van der Waals surface area contributed by atoms with Gasteiger partial charge in [0.05, 0.1) is 16.8 Å². The lowest BCUT2D eigenvalue weighted by Crippen LogP contribution is -2.04. The number of rotatable bonds is 7. The van der Waals surface area contributed by atoms with Crippen molar-refractivity contribution in [2.45, 2.75) is 27.3 Å². The lowest BCUT2D eigenvalue weighted by atomic mass is 10.2. The van der Waals surface area contributed by atoms with Gasteiger partial charge in [-0.05, 0) is 78.8 Å². The van der Waals surface area contributed by atoms with Crippen LogP contribution in [0.1, 0.15) is 25.0 Å². The van der Waals surface area contributed by atoms with Crippen LogP contribution in [0.2, 0.25) is 0 Å². The maximum atomic E-state index is 5.72. The van der Waals surface area contributed by atoms with Gasteiger partial charge in [-0.2, -0.15) is 0 Å². The van der Waals surface area contributed by atoms with Crippen molar-refractivity contribution in [2.24, 2.45) is 0 Å². The molecule has 0 aliphatic carbocycles. The van der Waals surface area contributed by atoms with Crippen molar-refractivity contribution in [3.05, 3.63) is 51.1 Å². The fraction of sp³-hybridized carbons (Fsp3) is 0.333. The third-order valence-corrected chi connectivity index (χ3v) is 3.97. The highest BCUT2D eigenvalue weighted by atomic mass is 127. The van der Waals surface area contributed by atoms with Crippen LogP contribution in [0.15, 0.2) is 36.4 Å². The first-order valence-electron chi connectivity index (χ1n) is 7.52. The highest BCUT2D eigenvalue weighted by Crippen LogP contribution is 2.34. The molecule has 0 aliphatic heterocycles. The van der Waals surface area contributed by atoms with E-state index >= 15 is 0 Å². The molecule has 0 unspecified atom stereocenters. The Morgan fingerprint density at radius 3 is 2.50 bits per heavy atom. The summed E-state index contributed by atoms with van der Waals surface area (Å²) in [6, 6.07) is 12.6. The molecule has 0 radical (unpaired) electrons. The van der Waals surface area contributed by atoms with Gasteiger partial charge in [0.2, 0.25) is 0 Å². The van der Waals surface area contributed by atoms with E-state index in [-0.39, 0.29) is 0 Å². The summed E-state index contributed by atoms with van der Waals surface area (Å²) in [5.74, 6) is 1.65. The van der Waals surface area contributed by atoms with Gasteiger partial charge in [-0.15, -0.1) is 0 Å². The molecule has 0 spiro atoms. The second-order valence-corrected chi connectivity index (χ2v) is 6.16. The van der Waals surface area contributed by atoms with E-state index in [0.717, 1.165) is 27.3 Å². The van der Waals surface area contributed by atoms with Gasteiger partial charge in [-0.1, -0.05) is 12.1 Å². The van der Waals surface area contributed by atoms with Crippen LogP contribution in [-0.2, 0) is 6.54 Å². The predicted octanol–water partition coefficient (Wildman–Crippen LogP) is 5.01. The van der Waals surface area contributed by atoms with Gasteiger partial charge in [0.1, 0.15) is 0 Å². The molecule has 0 fully saturated rings. The maximum Gasteiger partial charge on any atom is 0.174 e. The van der Waals surface area contributed by atoms with Gasteiger partial charge in [-0.3, -0.25) is 0 Å². The van der Waals surface area contributed by atoms with Crippen LogP contribution in [-0.4, -0.2) is 13.2 Å². The van der Waals surface area contributed by atoms with E-state index in [1.165, 1.54) is 11.1 Å². The molecule has 4 heteroatoms. The molecular weight excluding hydrogens is 389 g/mol. The largest absolute Gasteiger partial charge is 0.490 e. The zero-order valence-corrected chi connectivity index (χ0v) is 15.4. The molecule has 0 aliphatic rings. The Kier molecular flexibility index (Phi) is 6.36. The average Bonchev–Trinajstić information content (AvgIpc) is 2.49. The topological polar surface area (TPSA) is 30.5 Å². The monoisotopic (exact) mass is 411 g/mol. The summed E-state index contributed by atoms with van der Waals surface area (Å²) in [7, 11) is 0. The Labute approximate surface area is 146 Å². The molecule has 1 N–H and O–H groups in total. The summed E-state index contributed by atoms with van der Waals surface area (Å²) in [5, 5.41) is 3.45. The minimum atomic E-state index is 0.630. The van der Waals surface area contributed by atoms with Gasteiger partial charge in [0.15, 0.2) is 11.5 Å². The van der Waals surface area contributed by atoms with Crippen molar-refractivity contribution in [3.8, 4) is 11.5 Å². The molecule has 0 heterocycles. The molecule has 0 aromatic heterocycles. The second kappa shape index (κ2) is 8.27. The molecule has 0 saturated heterocycles.